The van der Waals surface area contributed by atoms with Crippen LogP contribution in [0.3, 0.4) is 0 Å². The summed E-state index contributed by atoms with van der Waals surface area (Å²) >= 11 is 1.60. The maximum absolute atomic E-state index is 8.97. The normalized spacial score (nSPS) is 12.3. The Morgan fingerprint density at radius 1 is 1.43 bits per heavy atom. The molecule has 1 aromatic carbocycles. The van der Waals surface area contributed by atoms with Crippen LogP contribution in [0.5, 0.6) is 0 Å². The summed E-state index contributed by atoms with van der Waals surface area (Å²) in [7, 11) is 4.04. The van der Waals surface area contributed by atoms with E-state index in [4.69, 9.17) is 5.26 Å². The van der Waals surface area contributed by atoms with Gasteiger partial charge in [-0.1, -0.05) is 23.9 Å². The minimum absolute atomic E-state index is 0.183. The number of aromatic nitrogens is 4. The Hall–Kier alpha value is -1.91. The minimum Gasteiger partial charge on any atom is -0.308 e. The highest BCUT2D eigenvalue weighted by atomic mass is 32.2. The van der Waals surface area contributed by atoms with Crippen LogP contribution >= 0.6 is 11.8 Å². The number of tetrazole rings is 1. The predicted molar refractivity (Wildman–Crippen MR) is 81.8 cm³/mol. The van der Waals surface area contributed by atoms with E-state index in [9.17, 15) is 0 Å². The fourth-order valence-corrected chi connectivity index (χ4v) is 2.74. The van der Waals surface area contributed by atoms with Crippen molar-refractivity contribution in [1.29, 1.82) is 5.26 Å². The molecule has 0 radical (unpaired) electrons. The molecule has 0 aliphatic rings. The number of rotatable bonds is 6. The Morgan fingerprint density at radius 2 is 2.24 bits per heavy atom. The molecule has 2 aromatic rings. The van der Waals surface area contributed by atoms with Crippen LogP contribution in [0.15, 0.2) is 29.4 Å². The molecular weight excluding hydrogens is 284 g/mol. The highest BCUT2D eigenvalue weighted by molar-refractivity contribution is 7.99. The molecule has 21 heavy (non-hydrogen) atoms. The van der Waals surface area contributed by atoms with Gasteiger partial charge in [0.2, 0.25) is 5.16 Å². The van der Waals surface area contributed by atoms with Crippen LogP contribution in [0.4, 0.5) is 0 Å². The van der Waals surface area contributed by atoms with Crippen LogP contribution in [0.2, 0.25) is 0 Å². The second kappa shape index (κ2) is 7.20. The van der Waals surface area contributed by atoms with Crippen LogP contribution in [0.25, 0.3) is 0 Å². The van der Waals surface area contributed by atoms with Gasteiger partial charge in [0, 0.05) is 11.8 Å². The summed E-state index contributed by atoms with van der Waals surface area (Å²) in [5, 5.41) is 21.8. The van der Waals surface area contributed by atoms with Gasteiger partial charge in [0.05, 0.1) is 18.2 Å². The molecule has 0 N–H and O–H groups in total. The van der Waals surface area contributed by atoms with Crippen molar-refractivity contribution < 1.29 is 0 Å². The summed E-state index contributed by atoms with van der Waals surface area (Å²) in [6.45, 7) is 3.73. The van der Waals surface area contributed by atoms with E-state index in [1.165, 1.54) is 0 Å². The predicted octanol–water partition coefficient (Wildman–Crippen LogP) is 1.96. The first-order valence-corrected chi connectivity index (χ1v) is 7.55. The lowest BCUT2D eigenvalue weighted by atomic mass is 10.1. The molecule has 6 nitrogen and oxygen atoms in total. The smallest absolute Gasteiger partial charge is 0.209 e. The largest absolute Gasteiger partial charge is 0.308 e. The SMILES string of the molecule is CC(Sc1nnnn1CCN(C)C)c1cccc(C#N)c1. The Balaban J connectivity index is 2.07. The molecule has 7 heteroatoms. The molecule has 1 atom stereocenters. The second-order valence-corrected chi connectivity index (χ2v) is 6.29. The van der Waals surface area contributed by atoms with E-state index >= 15 is 0 Å². The van der Waals surface area contributed by atoms with Crippen molar-refractivity contribution in [2.24, 2.45) is 0 Å². The molecule has 1 heterocycles. The zero-order valence-electron chi connectivity index (χ0n) is 12.4. The van der Waals surface area contributed by atoms with Gasteiger partial charge in [0.1, 0.15) is 0 Å². The van der Waals surface area contributed by atoms with E-state index in [1.54, 1.807) is 11.8 Å². The Morgan fingerprint density at radius 3 is 2.95 bits per heavy atom. The highest BCUT2D eigenvalue weighted by Crippen LogP contribution is 2.33. The zero-order chi connectivity index (χ0) is 15.2. The monoisotopic (exact) mass is 302 g/mol. The summed E-state index contributed by atoms with van der Waals surface area (Å²) in [5.74, 6) is 0. The van der Waals surface area contributed by atoms with E-state index in [0.29, 0.717) is 5.56 Å². The molecule has 0 saturated carbocycles. The zero-order valence-corrected chi connectivity index (χ0v) is 13.2. The maximum atomic E-state index is 8.97. The third kappa shape index (κ3) is 4.28. The van der Waals surface area contributed by atoms with Crippen LogP contribution in [0, 0.1) is 11.3 Å². The highest BCUT2D eigenvalue weighted by Gasteiger charge is 2.14. The van der Waals surface area contributed by atoms with Crippen molar-refractivity contribution in [3.05, 3.63) is 35.4 Å². The molecule has 0 bridgehead atoms. The van der Waals surface area contributed by atoms with Crippen LogP contribution in [-0.2, 0) is 6.54 Å². The van der Waals surface area contributed by atoms with Crippen molar-refractivity contribution in [3.8, 4) is 6.07 Å². The summed E-state index contributed by atoms with van der Waals surface area (Å²) in [6.07, 6.45) is 0. The van der Waals surface area contributed by atoms with Gasteiger partial charge in [-0.25, -0.2) is 4.68 Å². The van der Waals surface area contributed by atoms with Gasteiger partial charge < -0.3 is 4.90 Å². The molecule has 2 rings (SSSR count). The average Bonchev–Trinajstić information content (AvgIpc) is 2.92. The molecule has 0 aliphatic carbocycles. The van der Waals surface area contributed by atoms with E-state index in [1.807, 2.05) is 43.0 Å². The number of hydrogen-bond donors (Lipinski definition) is 0. The van der Waals surface area contributed by atoms with E-state index in [0.717, 1.165) is 23.8 Å². The fourth-order valence-electron chi connectivity index (χ4n) is 1.80. The topological polar surface area (TPSA) is 70.6 Å². The number of nitrogens with zero attached hydrogens (tertiary/aromatic N) is 6. The van der Waals surface area contributed by atoms with Crippen molar-refractivity contribution in [1.82, 2.24) is 25.1 Å². The van der Waals surface area contributed by atoms with E-state index in [2.05, 4.69) is 33.4 Å². The summed E-state index contributed by atoms with van der Waals surface area (Å²) in [4.78, 5) is 2.09. The molecule has 0 fully saturated rings. The van der Waals surface area contributed by atoms with Crippen LogP contribution < -0.4 is 0 Å². The fraction of sp³-hybridized carbons (Fsp3) is 0.429. The molecule has 1 aromatic heterocycles. The third-order valence-electron chi connectivity index (χ3n) is 3.03. The van der Waals surface area contributed by atoms with Gasteiger partial charge in [-0.3, -0.25) is 0 Å². The molecule has 110 valence electrons. The van der Waals surface area contributed by atoms with E-state index in [-0.39, 0.29) is 5.25 Å². The van der Waals surface area contributed by atoms with Crippen molar-refractivity contribution in [3.63, 3.8) is 0 Å². The molecular formula is C14H18N6S. The van der Waals surface area contributed by atoms with Crippen LogP contribution in [0.1, 0.15) is 23.3 Å². The van der Waals surface area contributed by atoms with Crippen molar-refractivity contribution in [2.45, 2.75) is 23.9 Å². The lowest BCUT2D eigenvalue weighted by Gasteiger charge is -2.13. The van der Waals surface area contributed by atoms with Gasteiger partial charge in [-0.05, 0) is 49.1 Å². The lowest BCUT2D eigenvalue weighted by molar-refractivity contribution is 0.361. The lowest BCUT2D eigenvalue weighted by Crippen LogP contribution is -2.19. The van der Waals surface area contributed by atoms with Gasteiger partial charge in [-0.15, -0.1) is 5.10 Å². The summed E-state index contributed by atoms with van der Waals surface area (Å²) < 4.78 is 1.81. The Kier molecular flexibility index (Phi) is 5.31. The first-order chi connectivity index (χ1) is 10.1. The number of benzene rings is 1. The van der Waals surface area contributed by atoms with Gasteiger partial charge >= 0.3 is 0 Å². The van der Waals surface area contributed by atoms with Crippen molar-refractivity contribution >= 4 is 11.8 Å². The Bertz CT molecular complexity index is 630. The summed E-state index contributed by atoms with van der Waals surface area (Å²) in [6, 6.07) is 9.80. The molecule has 0 amide bonds. The number of hydrogen-bond acceptors (Lipinski definition) is 6. The second-order valence-electron chi connectivity index (χ2n) is 4.99. The minimum atomic E-state index is 0.183. The van der Waals surface area contributed by atoms with Gasteiger partial charge in [0.25, 0.3) is 0 Å². The number of likely N-dealkylation sites (N-methyl/N-ethyl adjacent to an activating group) is 1. The molecule has 0 aliphatic heterocycles. The van der Waals surface area contributed by atoms with Gasteiger partial charge in [0.15, 0.2) is 0 Å². The number of nitriles is 1. The average molecular weight is 302 g/mol. The first kappa shape index (κ1) is 15.5. The first-order valence-electron chi connectivity index (χ1n) is 6.67. The number of thioether (sulfide) groups is 1. The standard InChI is InChI=1S/C14H18N6S/c1-11(13-6-4-5-12(9-13)10-15)21-14-16-17-18-20(14)8-7-19(2)3/h4-6,9,11H,7-8H2,1-3H3. The van der Waals surface area contributed by atoms with Crippen LogP contribution in [-0.4, -0.2) is 45.7 Å². The maximum Gasteiger partial charge on any atom is 0.209 e. The molecule has 0 spiro atoms. The third-order valence-corrected chi connectivity index (χ3v) is 4.15. The van der Waals surface area contributed by atoms with Crippen molar-refractivity contribution in [2.75, 3.05) is 20.6 Å². The molecule has 0 saturated heterocycles. The van der Waals surface area contributed by atoms with Gasteiger partial charge in [-0.2, -0.15) is 5.26 Å². The van der Waals surface area contributed by atoms with E-state index < -0.39 is 0 Å². The Labute approximate surface area is 128 Å². The quantitative estimate of drug-likeness (QED) is 0.760. The molecule has 1 unspecified atom stereocenters. The summed E-state index contributed by atoms with van der Waals surface area (Å²) in [5.41, 5.74) is 1.77.